The van der Waals surface area contributed by atoms with E-state index < -0.39 is 9.84 Å². The van der Waals surface area contributed by atoms with Gasteiger partial charge in [-0.15, -0.1) is 0 Å². The number of nitrogens with one attached hydrogen (secondary N) is 1. The summed E-state index contributed by atoms with van der Waals surface area (Å²) >= 11 is 0. The average molecular weight is 391 g/mol. The maximum absolute atomic E-state index is 13.6. The smallest absolute Gasteiger partial charge is 0.272 e. The molecule has 1 atom stereocenters. The lowest BCUT2D eigenvalue weighted by atomic mass is 10.1. The van der Waals surface area contributed by atoms with Crippen molar-refractivity contribution in [3.63, 3.8) is 0 Å². The Morgan fingerprint density at radius 1 is 1.30 bits per heavy atom. The SMILES string of the molecule is CN(C(=O)c1ccc(NCCc2ccccc2F)cn1)C1CCS(=O)(=O)C1. The van der Waals surface area contributed by atoms with Crippen molar-refractivity contribution >= 4 is 21.4 Å². The van der Waals surface area contributed by atoms with Gasteiger partial charge in [0.25, 0.3) is 5.91 Å². The van der Waals surface area contributed by atoms with E-state index in [1.165, 1.54) is 11.0 Å². The second-order valence-electron chi connectivity index (χ2n) is 6.67. The highest BCUT2D eigenvalue weighted by Crippen LogP contribution is 2.18. The molecule has 0 bridgehead atoms. The number of nitrogens with zero attached hydrogens (tertiary/aromatic N) is 2. The molecule has 1 N–H and O–H groups in total. The van der Waals surface area contributed by atoms with Crippen molar-refractivity contribution in [3.05, 3.63) is 59.7 Å². The fraction of sp³-hybridized carbons (Fsp3) is 0.368. The molecule has 0 radical (unpaired) electrons. The largest absolute Gasteiger partial charge is 0.383 e. The van der Waals surface area contributed by atoms with Gasteiger partial charge in [-0.05, 0) is 36.6 Å². The molecule has 1 amide bonds. The highest BCUT2D eigenvalue weighted by atomic mass is 32.2. The van der Waals surface area contributed by atoms with Gasteiger partial charge in [0.15, 0.2) is 9.84 Å². The number of anilines is 1. The predicted molar refractivity (Wildman–Crippen MR) is 102 cm³/mol. The van der Waals surface area contributed by atoms with Crippen LogP contribution in [0.25, 0.3) is 0 Å². The Bertz CT molecular complexity index is 916. The minimum atomic E-state index is -3.05. The first kappa shape index (κ1) is 19.3. The van der Waals surface area contributed by atoms with Gasteiger partial charge in [-0.3, -0.25) is 4.79 Å². The van der Waals surface area contributed by atoms with E-state index in [4.69, 9.17) is 0 Å². The van der Waals surface area contributed by atoms with Crippen molar-refractivity contribution in [1.82, 2.24) is 9.88 Å². The number of aromatic nitrogens is 1. The van der Waals surface area contributed by atoms with E-state index in [-0.39, 0.29) is 35.0 Å². The molecule has 1 aromatic heterocycles. The highest BCUT2D eigenvalue weighted by molar-refractivity contribution is 7.91. The van der Waals surface area contributed by atoms with Crippen LogP contribution in [0.5, 0.6) is 0 Å². The van der Waals surface area contributed by atoms with Crippen LogP contribution in [0.15, 0.2) is 42.6 Å². The van der Waals surface area contributed by atoms with Crippen LogP contribution in [-0.2, 0) is 16.3 Å². The second-order valence-corrected chi connectivity index (χ2v) is 8.90. The van der Waals surface area contributed by atoms with Crippen molar-refractivity contribution in [2.45, 2.75) is 18.9 Å². The fourth-order valence-electron chi connectivity index (χ4n) is 3.09. The number of halogens is 1. The van der Waals surface area contributed by atoms with Crippen LogP contribution in [0.2, 0.25) is 0 Å². The monoisotopic (exact) mass is 391 g/mol. The quantitative estimate of drug-likeness (QED) is 0.816. The Kier molecular flexibility index (Phi) is 5.74. The Morgan fingerprint density at radius 3 is 2.70 bits per heavy atom. The van der Waals surface area contributed by atoms with Crippen molar-refractivity contribution in [3.8, 4) is 0 Å². The zero-order chi connectivity index (χ0) is 19.4. The maximum Gasteiger partial charge on any atom is 0.272 e. The fourth-order valence-corrected chi connectivity index (χ4v) is 4.87. The van der Waals surface area contributed by atoms with Crippen LogP contribution >= 0.6 is 0 Å². The first-order valence-electron chi connectivity index (χ1n) is 8.76. The van der Waals surface area contributed by atoms with Gasteiger partial charge in [0, 0.05) is 19.6 Å². The summed E-state index contributed by atoms with van der Waals surface area (Å²) in [5, 5.41) is 3.15. The van der Waals surface area contributed by atoms with E-state index in [1.54, 1.807) is 43.6 Å². The van der Waals surface area contributed by atoms with Gasteiger partial charge in [-0.2, -0.15) is 0 Å². The van der Waals surface area contributed by atoms with Crippen LogP contribution in [0.4, 0.5) is 10.1 Å². The highest BCUT2D eigenvalue weighted by Gasteiger charge is 2.33. The first-order valence-corrected chi connectivity index (χ1v) is 10.6. The standard InChI is InChI=1S/C19H22FN3O3S/c1-23(16-9-11-27(25,26)13-16)19(24)18-7-6-15(12-22-18)21-10-8-14-4-2-3-5-17(14)20/h2-7,12,16,21H,8-11,13H2,1H3. The molecule has 1 aliphatic heterocycles. The molecule has 8 heteroatoms. The van der Waals surface area contributed by atoms with Crippen molar-refractivity contribution in [2.75, 3.05) is 30.4 Å². The minimum Gasteiger partial charge on any atom is -0.383 e. The van der Waals surface area contributed by atoms with Gasteiger partial charge >= 0.3 is 0 Å². The summed E-state index contributed by atoms with van der Waals surface area (Å²) in [6.07, 6.45) is 2.54. The number of carbonyl (C=O) groups excluding carboxylic acids is 1. The molecule has 2 aromatic rings. The molecule has 2 heterocycles. The Balaban J connectivity index is 1.55. The number of rotatable bonds is 6. The van der Waals surface area contributed by atoms with E-state index in [2.05, 4.69) is 10.3 Å². The molecule has 144 valence electrons. The molecule has 0 spiro atoms. The van der Waals surface area contributed by atoms with Crippen LogP contribution in [0, 0.1) is 5.82 Å². The summed E-state index contributed by atoms with van der Waals surface area (Å²) in [5.41, 5.74) is 1.63. The molecule has 1 aromatic carbocycles. The number of amides is 1. The Labute approximate surface area is 158 Å². The molecular formula is C19H22FN3O3S. The maximum atomic E-state index is 13.6. The van der Waals surface area contributed by atoms with Crippen molar-refractivity contribution in [2.24, 2.45) is 0 Å². The lowest BCUT2D eigenvalue weighted by Crippen LogP contribution is -2.38. The molecule has 27 heavy (non-hydrogen) atoms. The minimum absolute atomic E-state index is 0.00489. The van der Waals surface area contributed by atoms with E-state index in [1.807, 2.05) is 0 Å². The van der Waals surface area contributed by atoms with Crippen molar-refractivity contribution < 1.29 is 17.6 Å². The second kappa shape index (κ2) is 8.04. The van der Waals surface area contributed by atoms with Crippen LogP contribution in [-0.4, -0.2) is 55.3 Å². The third-order valence-electron chi connectivity index (χ3n) is 4.74. The molecule has 1 aliphatic rings. The van der Waals surface area contributed by atoms with Crippen LogP contribution in [0.1, 0.15) is 22.5 Å². The number of carbonyl (C=O) groups is 1. The molecule has 1 fully saturated rings. The number of benzene rings is 1. The van der Waals surface area contributed by atoms with Gasteiger partial charge in [-0.25, -0.2) is 17.8 Å². The van der Waals surface area contributed by atoms with Gasteiger partial charge in [0.2, 0.25) is 0 Å². The van der Waals surface area contributed by atoms with Gasteiger partial charge in [0.05, 0.1) is 23.4 Å². The summed E-state index contributed by atoms with van der Waals surface area (Å²) in [5.74, 6) is -0.399. The van der Waals surface area contributed by atoms with E-state index in [9.17, 15) is 17.6 Å². The average Bonchev–Trinajstić information content (AvgIpc) is 3.02. The lowest BCUT2D eigenvalue weighted by molar-refractivity contribution is 0.0742. The number of hydrogen-bond acceptors (Lipinski definition) is 5. The Hall–Kier alpha value is -2.48. The Morgan fingerprint density at radius 2 is 2.07 bits per heavy atom. The van der Waals surface area contributed by atoms with Gasteiger partial charge < -0.3 is 10.2 Å². The van der Waals surface area contributed by atoms with E-state index >= 15 is 0 Å². The molecule has 0 aliphatic carbocycles. The zero-order valence-corrected chi connectivity index (χ0v) is 15.9. The molecule has 1 unspecified atom stereocenters. The number of hydrogen-bond donors (Lipinski definition) is 1. The zero-order valence-electron chi connectivity index (χ0n) is 15.1. The molecule has 6 nitrogen and oxygen atoms in total. The number of pyridine rings is 1. The van der Waals surface area contributed by atoms with E-state index in [0.29, 0.717) is 24.9 Å². The molecule has 1 saturated heterocycles. The summed E-state index contributed by atoms with van der Waals surface area (Å²) in [6.45, 7) is 0.537. The number of sulfone groups is 1. The summed E-state index contributed by atoms with van der Waals surface area (Å²) in [6, 6.07) is 9.67. The van der Waals surface area contributed by atoms with Crippen molar-refractivity contribution in [1.29, 1.82) is 0 Å². The lowest BCUT2D eigenvalue weighted by Gasteiger charge is -2.23. The predicted octanol–water partition coefficient (Wildman–Crippen LogP) is 2.13. The molecular weight excluding hydrogens is 369 g/mol. The molecule has 3 rings (SSSR count). The van der Waals surface area contributed by atoms with Gasteiger partial charge in [0.1, 0.15) is 11.5 Å². The van der Waals surface area contributed by atoms with Crippen LogP contribution < -0.4 is 5.32 Å². The normalized spacial score (nSPS) is 18.2. The molecule has 0 saturated carbocycles. The van der Waals surface area contributed by atoms with E-state index in [0.717, 1.165) is 5.69 Å². The topological polar surface area (TPSA) is 79.4 Å². The first-order chi connectivity index (χ1) is 12.9. The summed E-state index contributed by atoms with van der Waals surface area (Å²) < 4.78 is 36.8. The summed E-state index contributed by atoms with van der Waals surface area (Å²) in [4.78, 5) is 18.1. The third kappa shape index (κ3) is 4.82. The third-order valence-corrected chi connectivity index (χ3v) is 6.49. The van der Waals surface area contributed by atoms with Crippen LogP contribution in [0.3, 0.4) is 0 Å². The van der Waals surface area contributed by atoms with Gasteiger partial charge in [-0.1, -0.05) is 18.2 Å². The summed E-state index contributed by atoms with van der Waals surface area (Å²) in [7, 11) is -1.44.